The first-order valence-corrected chi connectivity index (χ1v) is 13.9. The Hall–Kier alpha value is -4.71. The van der Waals surface area contributed by atoms with E-state index in [2.05, 4.69) is 20.9 Å². The van der Waals surface area contributed by atoms with Crippen molar-refractivity contribution < 1.29 is 38.5 Å². The molecule has 1 heterocycles. The van der Waals surface area contributed by atoms with Gasteiger partial charge in [-0.1, -0.05) is 6.07 Å². The van der Waals surface area contributed by atoms with Crippen LogP contribution in [-0.4, -0.2) is 74.6 Å². The minimum absolute atomic E-state index is 0.00239. The molecular weight excluding hydrogens is 556 g/mol. The number of benzene rings is 2. The number of nitrogens with zero attached hydrogens (tertiary/aromatic N) is 1. The summed E-state index contributed by atoms with van der Waals surface area (Å²) in [6.45, 7) is 1.87. The summed E-state index contributed by atoms with van der Waals surface area (Å²) in [5.74, 6) is 0.0622. The lowest BCUT2D eigenvalue weighted by Crippen LogP contribution is -2.48. The van der Waals surface area contributed by atoms with Crippen LogP contribution in [0.1, 0.15) is 42.1 Å². The van der Waals surface area contributed by atoms with Crippen LogP contribution in [0.3, 0.4) is 0 Å². The molecule has 0 saturated carbocycles. The largest absolute Gasteiger partial charge is 0.493 e. The van der Waals surface area contributed by atoms with E-state index in [-0.39, 0.29) is 26.1 Å². The third-order valence-electron chi connectivity index (χ3n) is 7.04. The molecule has 43 heavy (non-hydrogen) atoms. The molecule has 3 aromatic rings. The first-order chi connectivity index (χ1) is 20.8. The van der Waals surface area contributed by atoms with E-state index in [4.69, 9.17) is 19.3 Å². The highest BCUT2D eigenvalue weighted by Crippen LogP contribution is 2.29. The quantitative estimate of drug-likeness (QED) is 0.0981. The van der Waals surface area contributed by atoms with Crippen LogP contribution in [0, 0.1) is 5.41 Å². The van der Waals surface area contributed by atoms with Gasteiger partial charge in [0, 0.05) is 37.7 Å². The third-order valence-corrected chi connectivity index (χ3v) is 7.04. The number of pyridine rings is 1. The smallest absolute Gasteiger partial charge is 0.252 e. The number of aromatic nitrogens is 1. The van der Waals surface area contributed by atoms with Crippen molar-refractivity contribution in [1.29, 1.82) is 0 Å². The fraction of sp³-hybridized carbons (Fsp3) is 0.387. The van der Waals surface area contributed by atoms with Gasteiger partial charge in [-0.3, -0.25) is 24.2 Å². The molecule has 0 unspecified atom stereocenters. The number of aliphatic hydroxyl groups excluding tert-OH is 1. The van der Waals surface area contributed by atoms with Crippen molar-refractivity contribution in [3.63, 3.8) is 0 Å². The molecule has 12 nitrogen and oxygen atoms in total. The molecule has 0 aliphatic carbocycles. The Labute approximate surface area is 250 Å². The molecule has 0 fully saturated rings. The predicted octanol–water partition coefficient (Wildman–Crippen LogP) is 2.16. The van der Waals surface area contributed by atoms with Gasteiger partial charge in [0.05, 0.1) is 38.5 Å². The van der Waals surface area contributed by atoms with Crippen molar-refractivity contribution in [3.8, 4) is 17.2 Å². The predicted molar refractivity (Wildman–Crippen MR) is 159 cm³/mol. The fourth-order valence-electron chi connectivity index (χ4n) is 4.47. The zero-order valence-corrected chi connectivity index (χ0v) is 24.6. The topological polar surface area (TPSA) is 165 Å². The number of aliphatic hydroxyl groups is 1. The van der Waals surface area contributed by atoms with Gasteiger partial charge < -0.3 is 35.3 Å². The third kappa shape index (κ3) is 8.65. The molecule has 230 valence electrons. The lowest BCUT2D eigenvalue weighted by atomic mass is 9.79. The van der Waals surface area contributed by atoms with Crippen molar-refractivity contribution in [1.82, 2.24) is 20.9 Å². The second kappa shape index (κ2) is 16.1. The molecule has 12 heteroatoms. The van der Waals surface area contributed by atoms with Crippen LogP contribution >= 0.6 is 0 Å². The van der Waals surface area contributed by atoms with Gasteiger partial charge >= 0.3 is 0 Å². The van der Waals surface area contributed by atoms with Crippen LogP contribution in [0.4, 0.5) is 0 Å². The average molecular weight is 595 g/mol. The number of nitrogens with one attached hydrogen (secondary N) is 3. The molecule has 1 aromatic heterocycles. The SMILES string of the molecule is COc1ccc(CNC(=O)[C@](C)(CCCNC=O)C(=O)CNC(=O)c2ccnc3ccc(OCCCO)cc23)cc1OC. The molecule has 4 N–H and O–H groups in total. The van der Waals surface area contributed by atoms with Gasteiger partial charge in [-0.05, 0) is 61.7 Å². The van der Waals surface area contributed by atoms with Crippen LogP contribution in [0.25, 0.3) is 10.9 Å². The first kappa shape index (κ1) is 32.8. The molecular formula is C31H38N4O8. The number of methoxy groups -OCH3 is 2. The number of hydrogen-bond acceptors (Lipinski definition) is 9. The molecule has 0 spiro atoms. The summed E-state index contributed by atoms with van der Waals surface area (Å²) in [5, 5.41) is 17.5. The zero-order valence-electron chi connectivity index (χ0n) is 24.6. The highest BCUT2D eigenvalue weighted by atomic mass is 16.5. The van der Waals surface area contributed by atoms with Gasteiger partial charge in [0.1, 0.15) is 11.2 Å². The number of ether oxygens (including phenoxy) is 3. The maximum Gasteiger partial charge on any atom is 0.252 e. The summed E-state index contributed by atoms with van der Waals surface area (Å²) in [6.07, 6.45) is 3.03. The summed E-state index contributed by atoms with van der Waals surface area (Å²) >= 11 is 0. The minimum atomic E-state index is -1.48. The van der Waals surface area contributed by atoms with Crippen LogP contribution in [0.5, 0.6) is 17.2 Å². The van der Waals surface area contributed by atoms with Gasteiger partial charge in [-0.2, -0.15) is 0 Å². The van der Waals surface area contributed by atoms with Crippen LogP contribution in [0.2, 0.25) is 0 Å². The molecule has 0 bridgehead atoms. The van der Waals surface area contributed by atoms with Crippen LogP contribution in [-0.2, 0) is 20.9 Å². The fourth-order valence-corrected chi connectivity index (χ4v) is 4.47. The number of carbonyl (C=O) groups excluding carboxylic acids is 4. The molecule has 1 atom stereocenters. The molecule has 0 aliphatic rings. The number of Topliss-reactive ketones (excluding diaryl/α,β-unsaturated/α-hetero) is 1. The molecule has 0 saturated heterocycles. The monoisotopic (exact) mass is 594 g/mol. The van der Waals surface area contributed by atoms with E-state index < -0.39 is 29.6 Å². The molecule has 0 radical (unpaired) electrons. The van der Waals surface area contributed by atoms with E-state index in [0.29, 0.717) is 59.6 Å². The Bertz CT molecular complexity index is 1430. The van der Waals surface area contributed by atoms with Gasteiger partial charge in [-0.15, -0.1) is 0 Å². The normalized spacial score (nSPS) is 12.1. The summed E-state index contributed by atoms with van der Waals surface area (Å²) in [5.41, 5.74) is 0.110. The maximum atomic E-state index is 13.5. The molecule has 3 amide bonds. The van der Waals surface area contributed by atoms with E-state index in [0.717, 1.165) is 5.56 Å². The molecule has 3 rings (SSSR count). The molecule has 0 aliphatic heterocycles. The Kier molecular flexibility index (Phi) is 12.3. The Morgan fingerprint density at radius 3 is 2.51 bits per heavy atom. The highest BCUT2D eigenvalue weighted by Gasteiger charge is 2.40. The van der Waals surface area contributed by atoms with Crippen molar-refractivity contribution in [2.45, 2.75) is 32.7 Å². The second-order valence-electron chi connectivity index (χ2n) is 9.95. The van der Waals surface area contributed by atoms with E-state index >= 15 is 0 Å². The Balaban J connectivity index is 1.73. The number of carbonyl (C=O) groups is 4. The lowest BCUT2D eigenvalue weighted by Gasteiger charge is -2.27. The summed E-state index contributed by atoms with van der Waals surface area (Å²) in [6, 6.07) is 11.9. The minimum Gasteiger partial charge on any atom is -0.493 e. The lowest BCUT2D eigenvalue weighted by molar-refractivity contribution is -0.141. The van der Waals surface area contributed by atoms with Crippen molar-refractivity contribution >= 4 is 34.9 Å². The standard InChI is InChI=1S/C31H38N4O8/c1-31(11-4-12-32-20-37,30(40)35-18-21-6-9-26(41-2)27(16-21)42-3)28(38)19-34-29(39)23-10-13-33-25-8-7-22(17-24(23)25)43-15-5-14-36/h6-10,13,16-17,20,36H,4-5,11-12,14-15,18-19H2,1-3H3,(H,32,37)(H,34,39)(H,35,40)/t31-/m1/s1. The van der Waals surface area contributed by atoms with E-state index in [1.165, 1.54) is 27.3 Å². The van der Waals surface area contributed by atoms with Gasteiger partial charge in [0.25, 0.3) is 5.91 Å². The van der Waals surface area contributed by atoms with Gasteiger partial charge in [0.15, 0.2) is 17.3 Å². The van der Waals surface area contributed by atoms with E-state index in [1.807, 2.05) is 0 Å². The molecule has 2 aromatic carbocycles. The Morgan fingerprint density at radius 2 is 1.79 bits per heavy atom. The zero-order chi connectivity index (χ0) is 31.2. The maximum absolute atomic E-state index is 13.5. The van der Waals surface area contributed by atoms with Gasteiger partial charge in [0.2, 0.25) is 12.3 Å². The number of ketones is 1. The van der Waals surface area contributed by atoms with Gasteiger partial charge in [-0.25, -0.2) is 0 Å². The number of rotatable bonds is 18. The summed E-state index contributed by atoms with van der Waals surface area (Å²) in [4.78, 5) is 55.1. The van der Waals surface area contributed by atoms with E-state index in [9.17, 15) is 19.2 Å². The van der Waals surface area contributed by atoms with E-state index in [1.54, 1.807) is 42.5 Å². The number of hydrogen-bond donors (Lipinski definition) is 4. The van der Waals surface area contributed by atoms with Crippen molar-refractivity contribution in [2.75, 3.05) is 40.5 Å². The highest BCUT2D eigenvalue weighted by molar-refractivity contribution is 6.10. The van der Waals surface area contributed by atoms with Crippen molar-refractivity contribution in [3.05, 3.63) is 59.8 Å². The Morgan fingerprint density at radius 1 is 1.00 bits per heavy atom. The first-order valence-electron chi connectivity index (χ1n) is 13.9. The van der Waals surface area contributed by atoms with Crippen LogP contribution in [0.15, 0.2) is 48.7 Å². The van der Waals surface area contributed by atoms with Crippen LogP contribution < -0.4 is 30.2 Å². The summed E-state index contributed by atoms with van der Waals surface area (Å²) in [7, 11) is 3.04. The second-order valence-corrected chi connectivity index (χ2v) is 9.95. The number of amides is 3. The number of fused-ring (bicyclic) bond motifs is 1. The average Bonchev–Trinajstić information content (AvgIpc) is 3.03. The summed E-state index contributed by atoms with van der Waals surface area (Å²) < 4.78 is 16.2. The van der Waals surface area contributed by atoms with Crippen molar-refractivity contribution in [2.24, 2.45) is 5.41 Å².